The molecule has 0 aliphatic carbocycles. The van der Waals surface area contributed by atoms with Crippen LogP contribution in [0.4, 0.5) is 0 Å². The van der Waals surface area contributed by atoms with E-state index in [0.29, 0.717) is 0 Å². The lowest BCUT2D eigenvalue weighted by atomic mass is 10.1. The highest BCUT2D eigenvalue weighted by Crippen LogP contribution is 2.29. The molecular formula is C10H11NO2. The van der Waals surface area contributed by atoms with E-state index in [1.54, 1.807) is 13.3 Å². The van der Waals surface area contributed by atoms with Crippen molar-refractivity contribution in [3.63, 3.8) is 0 Å². The molecule has 0 spiro atoms. The van der Waals surface area contributed by atoms with Crippen LogP contribution in [0.5, 0.6) is 5.75 Å². The van der Waals surface area contributed by atoms with Crippen LogP contribution in [-0.2, 0) is 6.42 Å². The van der Waals surface area contributed by atoms with Crippen molar-refractivity contribution in [2.45, 2.75) is 13.3 Å². The van der Waals surface area contributed by atoms with Crippen LogP contribution in [0.2, 0.25) is 0 Å². The van der Waals surface area contributed by atoms with Gasteiger partial charge in [-0.05, 0) is 18.1 Å². The van der Waals surface area contributed by atoms with Gasteiger partial charge < -0.3 is 9.26 Å². The number of benzene rings is 1. The summed E-state index contributed by atoms with van der Waals surface area (Å²) in [5.74, 6) is 0.803. The second kappa shape index (κ2) is 3.09. The van der Waals surface area contributed by atoms with E-state index in [-0.39, 0.29) is 0 Å². The fourth-order valence-corrected chi connectivity index (χ4v) is 1.45. The molecule has 0 bridgehead atoms. The molecule has 0 aliphatic heterocycles. The molecule has 0 saturated carbocycles. The average Bonchev–Trinajstić information content (AvgIpc) is 2.63. The first kappa shape index (κ1) is 8.10. The van der Waals surface area contributed by atoms with E-state index in [0.717, 1.165) is 28.7 Å². The second-order valence-corrected chi connectivity index (χ2v) is 2.86. The molecule has 0 fully saturated rings. The summed E-state index contributed by atoms with van der Waals surface area (Å²) in [6.45, 7) is 2.08. The Morgan fingerprint density at radius 3 is 3.00 bits per heavy atom. The lowest BCUT2D eigenvalue weighted by Gasteiger charge is -2.05. The van der Waals surface area contributed by atoms with Crippen molar-refractivity contribution < 1.29 is 9.26 Å². The fraction of sp³-hybridized carbons (Fsp3) is 0.300. The van der Waals surface area contributed by atoms with Crippen molar-refractivity contribution in [2.75, 3.05) is 7.11 Å². The zero-order valence-electron chi connectivity index (χ0n) is 7.70. The molecule has 1 aromatic heterocycles. The molecule has 3 nitrogen and oxygen atoms in total. The van der Waals surface area contributed by atoms with Crippen LogP contribution < -0.4 is 4.74 Å². The van der Waals surface area contributed by atoms with Gasteiger partial charge in [-0.3, -0.25) is 0 Å². The van der Waals surface area contributed by atoms with Crippen molar-refractivity contribution in [3.05, 3.63) is 23.9 Å². The van der Waals surface area contributed by atoms with Gasteiger partial charge in [0.15, 0.2) is 5.75 Å². The highest BCUT2D eigenvalue weighted by atomic mass is 16.5. The maximum Gasteiger partial charge on any atom is 0.208 e. The molecule has 2 rings (SSSR count). The lowest BCUT2D eigenvalue weighted by Crippen LogP contribution is -1.90. The Morgan fingerprint density at radius 1 is 1.46 bits per heavy atom. The predicted molar refractivity (Wildman–Crippen MR) is 49.9 cm³/mol. The second-order valence-electron chi connectivity index (χ2n) is 2.86. The SMILES string of the molecule is CCc1ccc2cnoc2c1OC. The minimum absolute atomic E-state index is 0.738. The number of rotatable bonds is 2. The van der Waals surface area contributed by atoms with Gasteiger partial charge in [0, 0.05) is 5.39 Å². The number of methoxy groups -OCH3 is 1. The van der Waals surface area contributed by atoms with Gasteiger partial charge >= 0.3 is 0 Å². The van der Waals surface area contributed by atoms with Crippen LogP contribution >= 0.6 is 0 Å². The summed E-state index contributed by atoms with van der Waals surface area (Å²) >= 11 is 0. The summed E-state index contributed by atoms with van der Waals surface area (Å²) in [5, 5.41) is 4.71. The molecule has 0 N–H and O–H groups in total. The normalized spacial score (nSPS) is 10.6. The Morgan fingerprint density at radius 2 is 2.31 bits per heavy atom. The van der Waals surface area contributed by atoms with Crippen LogP contribution in [-0.4, -0.2) is 12.3 Å². The number of fused-ring (bicyclic) bond motifs is 1. The number of hydrogen-bond acceptors (Lipinski definition) is 3. The standard InChI is InChI=1S/C10H11NO2/c1-3-7-4-5-8-6-11-13-10(8)9(7)12-2/h4-6H,3H2,1-2H3. The molecule has 0 atom stereocenters. The number of aromatic nitrogens is 1. The van der Waals surface area contributed by atoms with Crippen molar-refractivity contribution in [3.8, 4) is 5.75 Å². The van der Waals surface area contributed by atoms with Crippen LogP contribution in [0.15, 0.2) is 22.9 Å². The maximum absolute atomic E-state index is 5.27. The van der Waals surface area contributed by atoms with Gasteiger partial charge in [-0.2, -0.15) is 0 Å². The van der Waals surface area contributed by atoms with Gasteiger partial charge in [-0.25, -0.2) is 0 Å². The van der Waals surface area contributed by atoms with Crippen LogP contribution in [0, 0.1) is 0 Å². The summed E-state index contributed by atoms with van der Waals surface area (Å²) in [7, 11) is 1.65. The van der Waals surface area contributed by atoms with E-state index >= 15 is 0 Å². The zero-order chi connectivity index (χ0) is 9.26. The molecule has 1 aromatic carbocycles. The number of ether oxygens (including phenoxy) is 1. The Hall–Kier alpha value is -1.51. The highest BCUT2D eigenvalue weighted by molar-refractivity contribution is 5.83. The van der Waals surface area contributed by atoms with E-state index in [9.17, 15) is 0 Å². The van der Waals surface area contributed by atoms with Crippen LogP contribution in [0.3, 0.4) is 0 Å². The van der Waals surface area contributed by atoms with E-state index in [2.05, 4.69) is 12.1 Å². The van der Waals surface area contributed by atoms with Crippen molar-refractivity contribution >= 4 is 11.0 Å². The van der Waals surface area contributed by atoms with E-state index in [4.69, 9.17) is 9.26 Å². The van der Waals surface area contributed by atoms with Gasteiger partial charge in [0.25, 0.3) is 0 Å². The zero-order valence-corrected chi connectivity index (χ0v) is 7.70. The van der Waals surface area contributed by atoms with E-state index in [1.807, 2.05) is 12.1 Å². The number of nitrogens with zero attached hydrogens (tertiary/aromatic N) is 1. The summed E-state index contributed by atoms with van der Waals surface area (Å²) in [5.41, 5.74) is 1.88. The minimum Gasteiger partial charge on any atom is -0.492 e. The Balaban J connectivity index is 2.74. The lowest BCUT2D eigenvalue weighted by molar-refractivity contribution is 0.389. The fourth-order valence-electron chi connectivity index (χ4n) is 1.45. The summed E-state index contributed by atoms with van der Waals surface area (Å²) < 4.78 is 10.4. The summed E-state index contributed by atoms with van der Waals surface area (Å²) in [4.78, 5) is 0. The third-order valence-corrected chi connectivity index (χ3v) is 2.14. The molecule has 2 aromatic rings. The van der Waals surface area contributed by atoms with E-state index < -0.39 is 0 Å². The molecule has 0 radical (unpaired) electrons. The van der Waals surface area contributed by atoms with Crippen molar-refractivity contribution in [1.82, 2.24) is 5.16 Å². The molecule has 0 saturated heterocycles. The summed E-state index contributed by atoms with van der Waals surface area (Å²) in [6.07, 6.45) is 2.62. The Bertz CT molecular complexity index is 420. The van der Waals surface area contributed by atoms with Crippen molar-refractivity contribution in [2.24, 2.45) is 0 Å². The van der Waals surface area contributed by atoms with Gasteiger partial charge in [0.1, 0.15) is 0 Å². The largest absolute Gasteiger partial charge is 0.492 e. The Labute approximate surface area is 76.3 Å². The molecule has 1 heterocycles. The molecule has 0 amide bonds. The number of hydrogen-bond donors (Lipinski definition) is 0. The first-order chi connectivity index (χ1) is 6.36. The molecule has 3 heteroatoms. The molecular weight excluding hydrogens is 166 g/mol. The molecule has 0 unspecified atom stereocenters. The first-order valence-corrected chi connectivity index (χ1v) is 4.27. The maximum atomic E-state index is 5.27. The highest BCUT2D eigenvalue weighted by Gasteiger charge is 2.09. The average molecular weight is 177 g/mol. The van der Waals surface area contributed by atoms with Gasteiger partial charge in [-0.15, -0.1) is 0 Å². The van der Waals surface area contributed by atoms with E-state index in [1.165, 1.54) is 0 Å². The quantitative estimate of drug-likeness (QED) is 0.706. The third kappa shape index (κ3) is 1.16. The van der Waals surface area contributed by atoms with Crippen LogP contribution in [0.1, 0.15) is 12.5 Å². The monoisotopic (exact) mass is 177 g/mol. The smallest absolute Gasteiger partial charge is 0.208 e. The third-order valence-electron chi connectivity index (χ3n) is 2.14. The minimum atomic E-state index is 0.738. The molecule has 0 aliphatic rings. The van der Waals surface area contributed by atoms with Crippen molar-refractivity contribution in [1.29, 1.82) is 0 Å². The van der Waals surface area contributed by atoms with Gasteiger partial charge in [-0.1, -0.05) is 18.1 Å². The van der Waals surface area contributed by atoms with Gasteiger partial charge in [0.05, 0.1) is 13.3 Å². The van der Waals surface area contributed by atoms with Gasteiger partial charge in [0.2, 0.25) is 5.58 Å². The first-order valence-electron chi connectivity index (χ1n) is 4.27. The molecule has 13 heavy (non-hydrogen) atoms. The topological polar surface area (TPSA) is 35.3 Å². The summed E-state index contributed by atoms with van der Waals surface area (Å²) in [6, 6.07) is 4.03. The molecule has 68 valence electrons. The Kier molecular flexibility index (Phi) is 1.93. The number of aryl methyl sites for hydroxylation is 1. The predicted octanol–water partition coefficient (Wildman–Crippen LogP) is 2.40. The van der Waals surface area contributed by atoms with Crippen LogP contribution in [0.25, 0.3) is 11.0 Å².